The van der Waals surface area contributed by atoms with Crippen LogP contribution in [0.4, 0.5) is 11.8 Å². The molecule has 0 aliphatic heterocycles. The lowest BCUT2D eigenvalue weighted by Crippen LogP contribution is -2.19. The van der Waals surface area contributed by atoms with Crippen molar-refractivity contribution in [2.24, 2.45) is 0 Å². The summed E-state index contributed by atoms with van der Waals surface area (Å²) in [6.45, 7) is 3.57. The first kappa shape index (κ1) is 13.4. The summed E-state index contributed by atoms with van der Waals surface area (Å²) in [5.41, 5.74) is 0.727. The highest BCUT2D eigenvalue weighted by Gasteiger charge is 2.14. The van der Waals surface area contributed by atoms with Crippen LogP contribution in [0, 0.1) is 0 Å². The number of anilines is 2. The van der Waals surface area contributed by atoms with E-state index in [4.69, 9.17) is 4.42 Å². The van der Waals surface area contributed by atoms with E-state index in [1.165, 1.54) is 0 Å². The molecule has 2 N–H and O–H groups in total. The summed E-state index contributed by atoms with van der Waals surface area (Å²) in [4.78, 5) is 11.0. The topological polar surface area (TPSA) is 82.9 Å². The lowest BCUT2D eigenvalue weighted by Gasteiger charge is -2.18. The second-order valence-electron chi connectivity index (χ2n) is 4.87. The highest BCUT2D eigenvalue weighted by molar-refractivity contribution is 5.87. The van der Waals surface area contributed by atoms with Crippen LogP contribution >= 0.6 is 0 Å². The van der Waals surface area contributed by atoms with Crippen molar-refractivity contribution in [3.05, 3.63) is 30.4 Å². The van der Waals surface area contributed by atoms with Gasteiger partial charge in [0, 0.05) is 13.6 Å². The molecule has 0 aliphatic carbocycles. The van der Waals surface area contributed by atoms with Crippen LogP contribution < -0.4 is 10.2 Å². The highest BCUT2D eigenvalue weighted by atomic mass is 16.3. The normalized spacial score (nSPS) is 11.0. The number of nitrogens with one attached hydrogen (secondary N) is 2. The second kappa shape index (κ2) is 5.82. The molecule has 7 heteroatoms. The Hall–Kier alpha value is -2.57. The molecule has 0 atom stereocenters. The van der Waals surface area contributed by atoms with Crippen molar-refractivity contribution in [3.8, 4) is 0 Å². The van der Waals surface area contributed by atoms with Crippen molar-refractivity contribution in [2.75, 3.05) is 23.8 Å². The molecule has 3 heterocycles. The molecule has 0 saturated carbocycles. The van der Waals surface area contributed by atoms with E-state index in [1.54, 1.807) is 12.5 Å². The lowest BCUT2D eigenvalue weighted by atomic mass is 10.3. The van der Waals surface area contributed by atoms with Crippen LogP contribution in [-0.2, 0) is 6.54 Å². The van der Waals surface area contributed by atoms with Crippen LogP contribution in [-0.4, -0.2) is 33.8 Å². The molecule has 0 saturated heterocycles. The van der Waals surface area contributed by atoms with Gasteiger partial charge in [0.1, 0.15) is 11.6 Å². The first-order valence-electron chi connectivity index (χ1n) is 6.96. The fourth-order valence-electron chi connectivity index (χ4n) is 2.14. The Morgan fingerprint density at radius 2 is 2.29 bits per heavy atom. The average molecular weight is 286 g/mol. The number of H-pyrrole nitrogens is 1. The Morgan fingerprint density at radius 1 is 1.38 bits per heavy atom. The third kappa shape index (κ3) is 2.81. The zero-order chi connectivity index (χ0) is 14.7. The maximum atomic E-state index is 5.39. The van der Waals surface area contributed by atoms with Crippen LogP contribution in [0.15, 0.2) is 29.0 Å². The van der Waals surface area contributed by atoms with Crippen LogP contribution in [0.1, 0.15) is 19.1 Å². The van der Waals surface area contributed by atoms with E-state index in [0.29, 0.717) is 12.5 Å². The minimum Gasteiger partial charge on any atom is -0.467 e. The number of aromatic nitrogens is 4. The van der Waals surface area contributed by atoms with Crippen molar-refractivity contribution in [2.45, 2.75) is 19.9 Å². The van der Waals surface area contributed by atoms with Crippen molar-refractivity contribution < 1.29 is 4.42 Å². The van der Waals surface area contributed by atoms with E-state index in [9.17, 15) is 0 Å². The molecular weight excluding hydrogens is 268 g/mol. The fraction of sp³-hybridized carbons (Fsp3) is 0.357. The molecule has 0 amide bonds. The van der Waals surface area contributed by atoms with Crippen LogP contribution in [0.5, 0.6) is 0 Å². The standard InChI is InChI=1S/C14H18N6O/c1-3-6-15-14-17-12-11(8-16-19-12)13(18-14)20(2)9-10-5-4-7-21-10/h4-5,7-8H,3,6,9H2,1-2H3,(H2,15,16,17,18,19). The molecule has 0 aromatic carbocycles. The first-order chi connectivity index (χ1) is 10.3. The molecule has 3 aromatic rings. The van der Waals surface area contributed by atoms with Gasteiger partial charge in [-0.3, -0.25) is 5.10 Å². The Balaban J connectivity index is 1.93. The molecular formula is C14H18N6O. The SMILES string of the molecule is CCCNc1nc(N(C)Cc2ccco2)c2cn[nH]c2n1. The molecule has 3 aromatic heterocycles. The van der Waals surface area contributed by atoms with E-state index in [0.717, 1.165) is 35.6 Å². The van der Waals surface area contributed by atoms with Crippen molar-refractivity contribution in [3.63, 3.8) is 0 Å². The smallest absolute Gasteiger partial charge is 0.226 e. The maximum absolute atomic E-state index is 5.39. The molecule has 3 rings (SSSR count). The van der Waals surface area contributed by atoms with Gasteiger partial charge in [0.15, 0.2) is 5.65 Å². The van der Waals surface area contributed by atoms with Crippen molar-refractivity contribution >= 4 is 22.8 Å². The summed E-state index contributed by atoms with van der Waals surface area (Å²) >= 11 is 0. The Bertz CT molecular complexity index is 705. The van der Waals surface area contributed by atoms with Gasteiger partial charge in [-0.25, -0.2) is 0 Å². The number of furan rings is 1. The zero-order valence-electron chi connectivity index (χ0n) is 12.1. The molecule has 110 valence electrons. The number of fused-ring (bicyclic) bond motifs is 1. The molecule has 0 radical (unpaired) electrons. The van der Waals surface area contributed by atoms with Gasteiger partial charge >= 0.3 is 0 Å². The molecule has 0 bridgehead atoms. The van der Waals surface area contributed by atoms with Crippen LogP contribution in [0.25, 0.3) is 11.0 Å². The van der Waals surface area contributed by atoms with Gasteiger partial charge in [-0.05, 0) is 18.6 Å². The predicted octanol–water partition coefficient (Wildman–Crippen LogP) is 2.40. The van der Waals surface area contributed by atoms with E-state index in [-0.39, 0.29) is 0 Å². The van der Waals surface area contributed by atoms with Crippen LogP contribution in [0.2, 0.25) is 0 Å². The summed E-state index contributed by atoms with van der Waals surface area (Å²) in [6, 6.07) is 3.82. The molecule has 21 heavy (non-hydrogen) atoms. The zero-order valence-corrected chi connectivity index (χ0v) is 12.1. The number of nitrogens with zero attached hydrogens (tertiary/aromatic N) is 4. The molecule has 7 nitrogen and oxygen atoms in total. The minimum absolute atomic E-state index is 0.606. The summed E-state index contributed by atoms with van der Waals surface area (Å²) in [5, 5.41) is 11.1. The third-order valence-electron chi connectivity index (χ3n) is 3.16. The number of hydrogen-bond donors (Lipinski definition) is 2. The maximum Gasteiger partial charge on any atom is 0.226 e. The van der Waals surface area contributed by atoms with Gasteiger partial charge in [0.2, 0.25) is 5.95 Å². The first-order valence-corrected chi connectivity index (χ1v) is 6.96. The number of aromatic amines is 1. The highest BCUT2D eigenvalue weighted by Crippen LogP contribution is 2.24. The molecule has 0 fully saturated rings. The summed E-state index contributed by atoms with van der Waals surface area (Å²) in [7, 11) is 1.97. The number of rotatable bonds is 6. The van der Waals surface area contributed by atoms with Gasteiger partial charge in [0.25, 0.3) is 0 Å². The quantitative estimate of drug-likeness (QED) is 0.724. The number of hydrogen-bond acceptors (Lipinski definition) is 6. The van der Waals surface area contributed by atoms with Gasteiger partial charge < -0.3 is 14.6 Å². The van der Waals surface area contributed by atoms with Gasteiger partial charge in [-0.1, -0.05) is 6.92 Å². The Kier molecular flexibility index (Phi) is 3.72. The summed E-state index contributed by atoms with van der Waals surface area (Å²) in [6.07, 6.45) is 4.43. The molecule has 0 aliphatic rings. The summed E-state index contributed by atoms with van der Waals surface area (Å²) in [5.74, 6) is 2.31. The van der Waals surface area contributed by atoms with Gasteiger partial charge in [-0.2, -0.15) is 15.1 Å². The van der Waals surface area contributed by atoms with Crippen molar-refractivity contribution in [1.82, 2.24) is 20.2 Å². The largest absolute Gasteiger partial charge is 0.467 e. The minimum atomic E-state index is 0.606. The Labute approximate surface area is 122 Å². The van der Waals surface area contributed by atoms with Crippen LogP contribution in [0.3, 0.4) is 0 Å². The van der Waals surface area contributed by atoms with E-state index < -0.39 is 0 Å². The molecule has 0 spiro atoms. The monoisotopic (exact) mass is 286 g/mol. The summed E-state index contributed by atoms with van der Waals surface area (Å²) < 4.78 is 5.39. The van der Waals surface area contributed by atoms with E-state index in [2.05, 4.69) is 32.4 Å². The van der Waals surface area contributed by atoms with Gasteiger partial charge in [0.05, 0.1) is 24.4 Å². The average Bonchev–Trinajstić information content (AvgIpc) is 3.14. The van der Waals surface area contributed by atoms with Crippen molar-refractivity contribution in [1.29, 1.82) is 0 Å². The second-order valence-corrected chi connectivity index (χ2v) is 4.87. The van der Waals surface area contributed by atoms with E-state index in [1.807, 2.05) is 24.1 Å². The predicted molar refractivity (Wildman–Crippen MR) is 81.3 cm³/mol. The fourth-order valence-corrected chi connectivity index (χ4v) is 2.14. The Morgan fingerprint density at radius 3 is 3.05 bits per heavy atom. The van der Waals surface area contributed by atoms with Gasteiger partial charge in [-0.15, -0.1) is 0 Å². The third-order valence-corrected chi connectivity index (χ3v) is 3.16. The lowest BCUT2D eigenvalue weighted by molar-refractivity contribution is 0.507. The molecule has 0 unspecified atom stereocenters. The van der Waals surface area contributed by atoms with E-state index >= 15 is 0 Å².